The minimum absolute atomic E-state index is 0.283. The summed E-state index contributed by atoms with van der Waals surface area (Å²) in [4.78, 5) is 22.4. The molecular weight excluding hydrogens is 555 g/mol. The number of aryl methyl sites for hydroxylation is 1. The highest BCUT2D eigenvalue weighted by atomic mass is 19.4. The highest BCUT2D eigenvalue weighted by Gasteiger charge is 2.46. The van der Waals surface area contributed by atoms with Crippen LogP contribution in [0.3, 0.4) is 0 Å². The van der Waals surface area contributed by atoms with Crippen LogP contribution in [0.5, 0.6) is 0 Å². The molecule has 6 rings (SSSR count). The molecule has 4 aromatic rings. The summed E-state index contributed by atoms with van der Waals surface area (Å²) in [5.74, 6) is 0.981. The summed E-state index contributed by atoms with van der Waals surface area (Å²) >= 11 is 0. The van der Waals surface area contributed by atoms with Crippen molar-refractivity contribution in [3.63, 3.8) is 0 Å². The SMILES string of the molecule is CC(CCCC1(OC(=O)NCC(F)(F)F)c2ccccc2-c2ccccc21)N1CCN(c2nc3ccccc3n2C)CC1. The van der Waals surface area contributed by atoms with Gasteiger partial charge < -0.3 is 19.5 Å². The van der Waals surface area contributed by atoms with Gasteiger partial charge in [-0.25, -0.2) is 9.78 Å². The molecule has 3 aromatic carbocycles. The van der Waals surface area contributed by atoms with Crippen LogP contribution < -0.4 is 10.2 Å². The van der Waals surface area contributed by atoms with Gasteiger partial charge in [-0.1, -0.05) is 60.7 Å². The lowest BCUT2D eigenvalue weighted by molar-refractivity contribution is -0.124. The highest BCUT2D eigenvalue weighted by Crippen LogP contribution is 2.52. The Balaban J connectivity index is 1.14. The van der Waals surface area contributed by atoms with Crippen molar-refractivity contribution in [2.75, 3.05) is 37.6 Å². The topological polar surface area (TPSA) is 62.6 Å². The Bertz CT molecular complexity index is 1560. The van der Waals surface area contributed by atoms with Gasteiger partial charge in [0.15, 0.2) is 5.60 Å². The normalized spacial score (nSPS) is 17.0. The molecule has 43 heavy (non-hydrogen) atoms. The lowest BCUT2D eigenvalue weighted by Gasteiger charge is -2.39. The number of carbonyl (C=O) groups is 1. The number of carbonyl (C=O) groups excluding carboxylic acids is 1. The van der Waals surface area contributed by atoms with Crippen LogP contribution in [0.15, 0.2) is 72.8 Å². The minimum Gasteiger partial charge on any atom is -0.433 e. The first kappa shape index (κ1) is 29.0. The van der Waals surface area contributed by atoms with Gasteiger partial charge >= 0.3 is 12.3 Å². The molecule has 1 amide bonds. The summed E-state index contributed by atoms with van der Waals surface area (Å²) in [5, 5.41) is 1.91. The number of nitrogens with zero attached hydrogens (tertiary/aromatic N) is 4. The Kier molecular flexibility index (Phi) is 7.81. The summed E-state index contributed by atoms with van der Waals surface area (Å²) in [6.07, 6.45) is -3.56. The molecule has 2 aliphatic rings. The predicted molar refractivity (Wildman–Crippen MR) is 161 cm³/mol. The smallest absolute Gasteiger partial charge is 0.408 e. The maximum absolute atomic E-state index is 12.9. The first-order valence-corrected chi connectivity index (χ1v) is 14.8. The van der Waals surface area contributed by atoms with Crippen molar-refractivity contribution in [3.05, 3.63) is 83.9 Å². The average Bonchev–Trinajstić information content (AvgIpc) is 3.48. The van der Waals surface area contributed by atoms with Crippen LogP contribution in [0.2, 0.25) is 0 Å². The van der Waals surface area contributed by atoms with E-state index in [1.54, 1.807) is 0 Å². The van der Waals surface area contributed by atoms with E-state index in [-0.39, 0.29) is 6.04 Å². The predicted octanol–water partition coefficient (Wildman–Crippen LogP) is 6.47. The Hall–Kier alpha value is -4.05. The molecule has 1 atom stereocenters. The second-order valence-electron chi connectivity index (χ2n) is 11.5. The van der Waals surface area contributed by atoms with Crippen molar-refractivity contribution in [1.82, 2.24) is 19.8 Å². The first-order valence-electron chi connectivity index (χ1n) is 14.8. The number of fused-ring (bicyclic) bond motifs is 4. The average molecular weight is 592 g/mol. The number of nitrogens with one attached hydrogen (secondary N) is 1. The first-order chi connectivity index (χ1) is 20.7. The molecule has 1 aromatic heterocycles. The Morgan fingerprint density at radius 3 is 2.19 bits per heavy atom. The quantitative estimate of drug-likeness (QED) is 0.255. The van der Waals surface area contributed by atoms with Crippen LogP contribution in [0, 0.1) is 0 Å². The number of amides is 1. The number of hydrogen-bond acceptors (Lipinski definition) is 5. The standard InChI is InChI=1S/C33H36F3N5O2/c1-23(40-18-20-41(21-19-40)30-38-28-15-7-8-16-29(28)39(30)2)10-9-17-32(43-31(42)37-22-33(34,35)36)26-13-5-3-11-24(26)25-12-4-6-14-27(25)32/h3-8,11-16,23H,9-10,17-22H2,1-2H3,(H,37,42). The van der Waals surface area contributed by atoms with Crippen LogP contribution >= 0.6 is 0 Å². The van der Waals surface area contributed by atoms with Gasteiger partial charge in [-0.3, -0.25) is 4.90 Å². The molecule has 2 heterocycles. The van der Waals surface area contributed by atoms with Crippen molar-refractivity contribution in [3.8, 4) is 11.1 Å². The van der Waals surface area contributed by atoms with Crippen LogP contribution in [0.25, 0.3) is 22.2 Å². The van der Waals surface area contributed by atoms with E-state index in [4.69, 9.17) is 9.72 Å². The van der Waals surface area contributed by atoms with Gasteiger partial charge in [0.1, 0.15) is 6.54 Å². The molecule has 0 radical (unpaired) electrons. The molecule has 0 bridgehead atoms. The summed E-state index contributed by atoms with van der Waals surface area (Å²) in [7, 11) is 2.06. The lowest BCUT2D eigenvalue weighted by Crippen LogP contribution is -2.50. The third-order valence-electron chi connectivity index (χ3n) is 8.85. The number of rotatable bonds is 8. The molecule has 1 saturated heterocycles. The Labute approximate surface area is 249 Å². The Morgan fingerprint density at radius 1 is 0.953 bits per heavy atom. The van der Waals surface area contributed by atoms with Gasteiger partial charge in [0, 0.05) is 50.4 Å². The van der Waals surface area contributed by atoms with Crippen molar-refractivity contribution in [1.29, 1.82) is 0 Å². The number of alkyl carbamates (subject to hydrolysis) is 1. The zero-order valence-corrected chi connectivity index (χ0v) is 24.4. The van der Waals surface area contributed by atoms with Gasteiger partial charge in [0.05, 0.1) is 11.0 Å². The minimum atomic E-state index is -4.53. The van der Waals surface area contributed by atoms with Crippen LogP contribution in [0.1, 0.15) is 37.3 Å². The second-order valence-corrected chi connectivity index (χ2v) is 11.5. The fraction of sp³-hybridized carbons (Fsp3) is 0.394. The number of para-hydroxylation sites is 2. The Morgan fingerprint density at radius 2 is 1.56 bits per heavy atom. The van der Waals surface area contributed by atoms with Crippen LogP contribution in [-0.2, 0) is 17.4 Å². The third kappa shape index (κ3) is 5.68. The number of benzene rings is 3. The van der Waals surface area contributed by atoms with Crippen molar-refractivity contribution in [2.24, 2.45) is 7.05 Å². The molecule has 0 saturated carbocycles. The van der Waals surface area contributed by atoms with Gasteiger partial charge in [0.2, 0.25) is 5.95 Å². The maximum atomic E-state index is 12.9. The zero-order valence-electron chi connectivity index (χ0n) is 24.4. The summed E-state index contributed by atoms with van der Waals surface area (Å²) in [5.41, 5.74) is 4.44. The monoisotopic (exact) mass is 591 g/mol. The molecule has 1 unspecified atom stereocenters. The number of piperazine rings is 1. The molecule has 1 fully saturated rings. The lowest BCUT2D eigenvalue weighted by atomic mass is 9.85. The maximum Gasteiger partial charge on any atom is 0.408 e. The molecule has 7 nitrogen and oxygen atoms in total. The molecule has 10 heteroatoms. The van der Waals surface area contributed by atoms with Crippen molar-refractivity contribution in [2.45, 2.75) is 44.0 Å². The van der Waals surface area contributed by atoms with Gasteiger partial charge in [-0.05, 0) is 49.4 Å². The van der Waals surface area contributed by atoms with Crippen LogP contribution in [-0.4, -0.2) is 65.5 Å². The van der Waals surface area contributed by atoms with E-state index >= 15 is 0 Å². The summed E-state index contributed by atoms with van der Waals surface area (Å²) in [6.45, 7) is 4.31. The van der Waals surface area contributed by atoms with Crippen molar-refractivity contribution >= 4 is 23.1 Å². The molecular formula is C33H36F3N5O2. The van der Waals surface area contributed by atoms with E-state index in [1.807, 2.05) is 72.0 Å². The second kappa shape index (κ2) is 11.6. The number of alkyl halides is 3. The number of imidazole rings is 1. The van der Waals surface area contributed by atoms with E-state index in [1.165, 1.54) is 0 Å². The number of anilines is 1. The molecule has 0 spiro atoms. The summed E-state index contributed by atoms with van der Waals surface area (Å²) in [6, 6.07) is 23.8. The highest BCUT2D eigenvalue weighted by molar-refractivity contribution is 5.82. The third-order valence-corrected chi connectivity index (χ3v) is 8.85. The van der Waals surface area contributed by atoms with Crippen LogP contribution in [0.4, 0.5) is 23.9 Å². The molecule has 226 valence electrons. The number of aromatic nitrogens is 2. The summed E-state index contributed by atoms with van der Waals surface area (Å²) < 4.78 is 46.8. The number of halogens is 3. The van der Waals surface area contributed by atoms with Gasteiger partial charge in [-0.15, -0.1) is 0 Å². The zero-order chi connectivity index (χ0) is 30.2. The fourth-order valence-corrected chi connectivity index (χ4v) is 6.69. The van der Waals surface area contributed by atoms with Crippen molar-refractivity contribution < 1.29 is 22.7 Å². The molecule has 1 N–H and O–H groups in total. The fourth-order valence-electron chi connectivity index (χ4n) is 6.69. The number of ether oxygens (including phenoxy) is 1. The van der Waals surface area contributed by atoms with E-state index in [0.717, 1.165) is 78.3 Å². The van der Waals surface area contributed by atoms with Gasteiger partial charge in [0.25, 0.3) is 0 Å². The van der Waals surface area contributed by atoms with E-state index < -0.39 is 24.4 Å². The van der Waals surface area contributed by atoms with E-state index in [0.29, 0.717) is 6.42 Å². The van der Waals surface area contributed by atoms with E-state index in [2.05, 4.69) is 34.4 Å². The largest absolute Gasteiger partial charge is 0.433 e. The van der Waals surface area contributed by atoms with E-state index in [9.17, 15) is 18.0 Å². The molecule has 1 aliphatic heterocycles. The number of hydrogen-bond donors (Lipinski definition) is 1. The molecule has 1 aliphatic carbocycles. The van der Waals surface area contributed by atoms with Gasteiger partial charge in [-0.2, -0.15) is 13.2 Å².